The van der Waals surface area contributed by atoms with Gasteiger partial charge in [0.15, 0.2) is 0 Å². The van der Waals surface area contributed by atoms with Crippen LogP contribution in [0.15, 0.2) is 11.4 Å². The Balaban J connectivity index is 4.73. The number of nitrogens with zero attached hydrogens (tertiary/aromatic N) is 1. The highest BCUT2D eigenvalue weighted by atomic mass is 16.6. The lowest BCUT2D eigenvalue weighted by molar-refractivity contribution is -0.120. The molecule has 1 unspecified atom stereocenters. The maximum Gasteiger partial charge on any atom is 0.408 e. The number of rotatable bonds is 5. The molecule has 8 nitrogen and oxygen atoms in total. The van der Waals surface area contributed by atoms with Gasteiger partial charge in [0.25, 0.3) is 0 Å². The number of allylic oxidation sites excluding steroid dienone is 2. The largest absolute Gasteiger partial charge is 0.444 e. The van der Waals surface area contributed by atoms with Gasteiger partial charge in [-0.2, -0.15) is 0 Å². The summed E-state index contributed by atoms with van der Waals surface area (Å²) in [6.45, 7) is 8.51. The smallest absolute Gasteiger partial charge is 0.408 e. The number of alkyl carbamates (subject to hydrolysis) is 1. The highest BCUT2D eigenvalue weighted by Crippen LogP contribution is 2.07. The van der Waals surface area contributed by atoms with Gasteiger partial charge < -0.3 is 26.5 Å². The maximum absolute atomic E-state index is 11.6. The Morgan fingerprint density at radius 1 is 1.25 bits per heavy atom. The van der Waals surface area contributed by atoms with Crippen molar-refractivity contribution in [3.05, 3.63) is 11.4 Å². The summed E-state index contributed by atoms with van der Waals surface area (Å²) in [5.41, 5.74) is 11.3. The number of nitrogens with one attached hydrogen (secondary N) is 1. The van der Waals surface area contributed by atoms with Crippen LogP contribution in [0, 0.1) is 0 Å². The first kappa shape index (κ1) is 18.0. The van der Waals surface area contributed by atoms with Gasteiger partial charge in [0, 0.05) is 11.4 Å². The van der Waals surface area contributed by atoms with Gasteiger partial charge in [-0.15, -0.1) is 0 Å². The lowest BCUT2D eigenvalue weighted by Crippen LogP contribution is -2.53. The van der Waals surface area contributed by atoms with Gasteiger partial charge in [-0.25, -0.2) is 10.6 Å². The van der Waals surface area contributed by atoms with Gasteiger partial charge in [-0.1, -0.05) is 0 Å². The molecule has 0 heterocycles. The summed E-state index contributed by atoms with van der Waals surface area (Å²) >= 11 is 0. The fourth-order valence-corrected chi connectivity index (χ4v) is 1.22. The fourth-order valence-electron chi connectivity index (χ4n) is 1.22. The molecule has 0 rings (SSSR count). The van der Waals surface area contributed by atoms with Crippen LogP contribution < -0.4 is 22.6 Å². The SMILES string of the molecule is C/C(N)=C(\C)N(N)CC(NC(=O)OC(C)(C)C)C(N)=O. The molecule has 0 aromatic rings. The van der Waals surface area contributed by atoms with Crippen molar-refractivity contribution in [3.63, 3.8) is 0 Å². The molecule has 1 atom stereocenters. The third kappa shape index (κ3) is 6.83. The van der Waals surface area contributed by atoms with E-state index in [1.807, 2.05) is 0 Å². The lowest BCUT2D eigenvalue weighted by atomic mass is 10.2. The average Bonchev–Trinajstić information content (AvgIpc) is 2.23. The zero-order valence-corrected chi connectivity index (χ0v) is 12.7. The summed E-state index contributed by atoms with van der Waals surface area (Å²) in [7, 11) is 0. The topological polar surface area (TPSA) is 137 Å². The van der Waals surface area contributed by atoms with E-state index in [9.17, 15) is 9.59 Å². The minimum absolute atomic E-state index is 0.00501. The Bertz CT molecular complexity index is 396. The van der Waals surface area contributed by atoms with Gasteiger partial charge in [0.2, 0.25) is 5.91 Å². The molecule has 0 aromatic carbocycles. The number of ether oxygens (including phenoxy) is 1. The standard InChI is InChI=1S/C12H25N5O3/c1-7(13)8(2)17(15)6-9(10(14)18)16-11(19)20-12(3,4)5/h9H,6,13,15H2,1-5H3,(H2,14,18)(H,16,19)/b8-7-. The summed E-state index contributed by atoms with van der Waals surface area (Å²) in [5, 5.41) is 3.63. The molecule has 0 aliphatic rings. The molecule has 7 N–H and O–H groups in total. The van der Waals surface area contributed by atoms with Crippen LogP contribution in [0.25, 0.3) is 0 Å². The maximum atomic E-state index is 11.6. The normalized spacial score (nSPS) is 14.1. The molecule has 0 bridgehead atoms. The summed E-state index contributed by atoms with van der Waals surface area (Å²) < 4.78 is 5.05. The number of hydrazine groups is 1. The van der Waals surface area contributed by atoms with Crippen LogP contribution >= 0.6 is 0 Å². The van der Waals surface area contributed by atoms with Gasteiger partial charge in [-0.05, 0) is 34.6 Å². The number of primary amides is 1. The van der Waals surface area contributed by atoms with Crippen LogP contribution in [0.5, 0.6) is 0 Å². The van der Waals surface area contributed by atoms with Crippen molar-refractivity contribution in [2.75, 3.05) is 6.54 Å². The van der Waals surface area contributed by atoms with Crippen LogP contribution in [-0.4, -0.2) is 35.2 Å². The van der Waals surface area contributed by atoms with E-state index in [-0.39, 0.29) is 6.54 Å². The second-order valence-corrected chi connectivity index (χ2v) is 5.52. The first-order chi connectivity index (χ1) is 8.94. The van der Waals surface area contributed by atoms with E-state index in [4.69, 9.17) is 22.0 Å². The number of hydrogen-bond acceptors (Lipinski definition) is 6. The van der Waals surface area contributed by atoms with Crippen LogP contribution in [0.2, 0.25) is 0 Å². The molecule has 2 amide bonds. The quantitative estimate of drug-likeness (QED) is 0.406. The van der Waals surface area contributed by atoms with Crippen molar-refractivity contribution in [1.29, 1.82) is 0 Å². The fraction of sp³-hybridized carbons (Fsp3) is 0.667. The van der Waals surface area contributed by atoms with Gasteiger partial charge in [0.05, 0.1) is 6.54 Å². The molecule has 20 heavy (non-hydrogen) atoms. The van der Waals surface area contributed by atoms with E-state index in [0.717, 1.165) is 0 Å². The van der Waals surface area contributed by atoms with Gasteiger partial charge in [-0.3, -0.25) is 4.79 Å². The molecule has 0 saturated carbocycles. The van der Waals surface area contributed by atoms with Crippen molar-refractivity contribution in [3.8, 4) is 0 Å². The monoisotopic (exact) mass is 287 g/mol. The summed E-state index contributed by atoms with van der Waals surface area (Å²) in [6, 6.07) is -0.982. The molecular formula is C12H25N5O3. The number of hydrogen-bond donors (Lipinski definition) is 4. The summed E-state index contributed by atoms with van der Waals surface area (Å²) in [6.07, 6.45) is -0.735. The third-order valence-electron chi connectivity index (χ3n) is 2.42. The first-order valence-corrected chi connectivity index (χ1v) is 6.18. The Hall–Kier alpha value is -1.96. The summed E-state index contributed by atoms with van der Waals surface area (Å²) in [5.74, 6) is 5.04. The van der Waals surface area contributed by atoms with Crippen LogP contribution in [0.1, 0.15) is 34.6 Å². The van der Waals surface area contributed by atoms with E-state index in [2.05, 4.69) is 5.32 Å². The molecular weight excluding hydrogens is 262 g/mol. The lowest BCUT2D eigenvalue weighted by Gasteiger charge is -2.26. The second-order valence-electron chi connectivity index (χ2n) is 5.52. The molecule has 0 aliphatic carbocycles. The van der Waals surface area contributed by atoms with Gasteiger partial charge in [0.1, 0.15) is 11.6 Å². The van der Waals surface area contributed by atoms with Crippen molar-refractivity contribution in [2.45, 2.75) is 46.3 Å². The number of nitrogens with two attached hydrogens (primary N) is 3. The number of amides is 2. The molecule has 0 radical (unpaired) electrons. The van der Waals surface area contributed by atoms with Crippen LogP contribution in [-0.2, 0) is 9.53 Å². The van der Waals surface area contributed by atoms with Crippen molar-refractivity contribution >= 4 is 12.0 Å². The Kier molecular flexibility index (Phi) is 6.31. The predicted octanol–water partition coefficient (Wildman–Crippen LogP) is -0.249. The first-order valence-electron chi connectivity index (χ1n) is 6.18. The van der Waals surface area contributed by atoms with Crippen molar-refractivity contribution in [1.82, 2.24) is 10.3 Å². The van der Waals surface area contributed by atoms with E-state index in [1.54, 1.807) is 34.6 Å². The average molecular weight is 287 g/mol. The second kappa shape index (κ2) is 6.99. The highest BCUT2D eigenvalue weighted by Gasteiger charge is 2.24. The highest BCUT2D eigenvalue weighted by molar-refractivity contribution is 5.84. The molecule has 0 saturated heterocycles. The Labute approximate surface area is 119 Å². The zero-order chi connectivity index (χ0) is 16.1. The third-order valence-corrected chi connectivity index (χ3v) is 2.42. The van der Waals surface area contributed by atoms with E-state index < -0.39 is 23.6 Å². The Morgan fingerprint density at radius 2 is 1.75 bits per heavy atom. The molecule has 116 valence electrons. The number of carbonyl (C=O) groups is 2. The zero-order valence-electron chi connectivity index (χ0n) is 12.7. The van der Waals surface area contributed by atoms with E-state index >= 15 is 0 Å². The minimum Gasteiger partial charge on any atom is -0.444 e. The van der Waals surface area contributed by atoms with Crippen LogP contribution in [0.3, 0.4) is 0 Å². The van der Waals surface area contributed by atoms with Gasteiger partial charge >= 0.3 is 6.09 Å². The van der Waals surface area contributed by atoms with E-state index in [1.165, 1.54) is 5.01 Å². The summed E-state index contributed by atoms with van der Waals surface area (Å²) in [4.78, 5) is 23.0. The molecule has 0 spiro atoms. The van der Waals surface area contributed by atoms with Crippen LogP contribution in [0.4, 0.5) is 4.79 Å². The van der Waals surface area contributed by atoms with Crippen molar-refractivity contribution in [2.24, 2.45) is 17.3 Å². The minimum atomic E-state index is -0.982. The molecule has 0 aromatic heterocycles. The molecule has 0 fully saturated rings. The van der Waals surface area contributed by atoms with E-state index in [0.29, 0.717) is 11.4 Å². The number of carbonyl (C=O) groups excluding carboxylic acids is 2. The molecule has 0 aliphatic heterocycles. The predicted molar refractivity (Wildman–Crippen MR) is 75.8 cm³/mol. The molecule has 8 heteroatoms. The Morgan fingerprint density at radius 3 is 2.10 bits per heavy atom. The van der Waals surface area contributed by atoms with Crippen molar-refractivity contribution < 1.29 is 14.3 Å².